The van der Waals surface area contributed by atoms with E-state index in [0.717, 1.165) is 11.8 Å². The summed E-state index contributed by atoms with van der Waals surface area (Å²) in [6.45, 7) is 1.72. The molecule has 1 amide bonds. The molecule has 1 aromatic heterocycles. The molecule has 2 aromatic rings. The van der Waals surface area contributed by atoms with Gasteiger partial charge in [-0.2, -0.15) is 0 Å². The van der Waals surface area contributed by atoms with E-state index < -0.39 is 5.97 Å². The quantitative estimate of drug-likeness (QED) is 0.160. The first-order valence-corrected chi connectivity index (χ1v) is 15.4. The first-order chi connectivity index (χ1) is 19.8. The van der Waals surface area contributed by atoms with Crippen molar-refractivity contribution < 1.29 is 33.0 Å². The Labute approximate surface area is 250 Å². The van der Waals surface area contributed by atoms with Crippen LogP contribution in [0.3, 0.4) is 0 Å². The molecule has 4 saturated carbocycles. The van der Waals surface area contributed by atoms with Gasteiger partial charge in [0.25, 0.3) is 5.91 Å². The minimum atomic E-state index is -0.490. The van der Waals surface area contributed by atoms with E-state index in [1.54, 1.807) is 25.1 Å². The molecular weight excluding hydrogens is 562 g/mol. The smallest absolute Gasteiger partial charge is 0.344 e. The van der Waals surface area contributed by atoms with Crippen LogP contribution in [-0.2, 0) is 14.3 Å². The maximum atomic E-state index is 13.8. The van der Waals surface area contributed by atoms with Crippen molar-refractivity contribution in [1.82, 2.24) is 4.90 Å². The van der Waals surface area contributed by atoms with Crippen LogP contribution in [0.4, 0.5) is 0 Å². The summed E-state index contributed by atoms with van der Waals surface area (Å²) in [5.41, 5.74) is 0.655. The van der Waals surface area contributed by atoms with Gasteiger partial charge in [-0.25, -0.2) is 4.79 Å². The van der Waals surface area contributed by atoms with Crippen molar-refractivity contribution >= 4 is 46.6 Å². The van der Waals surface area contributed by atoms with Crippen molar-refractivity contribution in [3.05, 3.63) is 34.9 Å². The number of hydrogen-bond donors (Lipinski definition) is 0. The zero-order chi connectivity index (χ0) is 29.1. The number of furan rings is 1. The van der Waals surface area contributed by atoms with Crippen molar-refractivity contribution in [3.8, 4) is 28.6 Å². The fraction of sp³-hybridized carbons (Fsp3) is 0.516. The first-order valence-electron chi connectivity index (χ1n) is 14.1. The number of likely N-dealkylation sites (N-methyl/N-ethyl adjacent to an activating group) is 1. The van der Waals surface area contributed by atoms with Crippen LogP contribution < -0.4 is 14.2 Å². The monoisotopic (exact) mass is 599 g/mol. The lowest BCUT2D eigenvalue weighted by atomic mass is 9.54. The van der Waals surface area contributed by atoms with Gasteiger partial charge in [-0.3, -0.25) is 4.79 Å². The van der Waals surface area contributed by atoms with Gasteiger partial charge in [0.05, 0.1) is 25.7 Å². The van der Waals surface area contributed by atoms with E-state index in [0.29, 0.717) is 51.1 Å². The number of thioether (sulfide) groups is 1. The molecule has 1 heterocycles. The van der Waals surface area contributed by atoms with Crippen LogP contribution in [0.25, 0.3) is 17.4 Å². The molecule has 6 rings (SSSR count). The Morgan fingerprint density at radius 3 is 2.34 bits per heavy atom. The van der Waals surface area contributed by atoms with Gasteiger partial charge in [0.1, 0.15) is 11.5 Å². The lowest BCUT2D eigenvalue weighted by molar-refractivity contribution is -0.145. The average molecular weight is 600 g/mol. The highest BCUT2D eigenvalue weighted by molar-refractivity contribution is 8.24. The van der Waals surface area contributed by atoms with Gasteiger partial charge in [-0.15, -0.1) is 0 Å². The molecule has 0 spiro atoms. The van der Waals surface area contributed by atoms with Gasteiger partial charge in [0.15, 0.2) is 18.1 Å². The maximum absolute atomic E-state index is 13.8. The van der Waals surface area contributed by atoms with Crippen molar-refractivity contribution in [2.24, 2.45) is 23.7 Å². The molecule has 0 radical (unpaired) electrons. The standard InChI is InChI=1S/C31H37NO7S2/c1-5-37-28(33)16-38-26-14-20(13-25(35-3)30(26)36-4)24-7-6-23(39-24)15-27(41-17-40)31(34)32(2)29-21-9-18-8-19(11-21)12-22(29)10-18/h6-7,13-15,17-19,21-22,29H,5,8-12,16H2,1-4H3/b27-15-. The molecule has 0 atom stereocenters. The lowest BCUT2D eigenvalue weighted by Gasteiger charge is -2.56. The molecule has 4 fully saturated rings. The van der Waals surface area contributed by atoms with Gasteiger partial charge < -0.3 is 28.3 Å². The molecule has 0 unspecified atom stereocenters. The molecule has 0 saturated heterocycles. The third kappa shape index (κ3) is 6.28. The number of benzene rings is 1. The topological polar surface area (TPSA) is 87.4 Å². The first kappa shape index (κ1) is 29.5. The number of carbonyl (C=O) groups excluding carboxylic acids is 2. The number of carbonyl (C=O) groups is 2. The Morgan fingerprint density at radius 2 is 1.73 bits per heavy atom. The third-order valence-electron chi connectivity index (χ3n) is 8.61. The van der Waals surface area contributed by atoms with E-state index in [1.807, 2.05) is 24.1 Å². The molecular formula is C31H37NO7S2. The second-order valence-electron chi connectivity index (χ2n) is 11.1. The Bertz CT molecular complexity index is 1290. The van der Waals surface area contributed by atoms with Crippen molar-refractivity contribution in [3.63, 3.8) is 0 Å². The predicted molar refractivity (Wildman–Crippen MR) is 162 cm³/mol. The number of methoxy groups -OCH3 is 2. The van der Waals surface area contributed by atoms with Crippen LogP contribution in [-0.4, -0.2) is 62.0 Å². The number of hydrogen-bond acceptors (Lipinski definition) is 9. The summed E-state index contributed by atoms with van der Waals surface area (Å²) in [7, 11) is 4.97. The van der Waals surface area contributed by atoms with Crippen LogP contribution in [0.5, 0.6) is 17.2 Å². The van der Waals surface area contributed by atoms with Gasteiger partial charge in [0.2, 0.25) is 5.75 Å². The van der Waals surface area contributed by atoms with Crippen LogP contribution >= 0.6 is 24.0 Å². The van der Waals surface area contributed by atoms with Crippen molar-refractivity contribution in [1.29, 1.82) is 0 Å². The van der Waals surface area contributed by atoms with Crippen LogP contribution in [0.1, 0.15) is 44.8 Å². The number of esters is 1. The Morgan fingerprint density at radius 1 is 1.05 bits per heavy atom. The second kappa shape index (κ2) is 12.9. The van der Waals surface area contributed by atoms with Crippen molar-refractivity contribution in [2.45, 2.75) is 45.1 Å². The van der Waals surface area contributed by atoms with Crippen LogP contribution in [0, 0.1) is 23.7 Å². The summed E-state index contributed by atoms with van der Waals surface area (Å²) in [6.07, 6.45) is 8.11. The number of nitrogens with zero attached hydrogens (tertiary/aromatic N) is 1. The zero-order valence-electron chi connectivity index (χ0n) is 23.9. The molecule has 0 aliphatic heterocycles. The van der Waals surface area contributed by atoms with E-state index in [9.17, 15) is 9.59 Å². The minimum absolute atomic E-state index is 0.0210. The summed E-state index contributed by atoms with van der Waals surface area (Å²) < 4.78 is 29.3. The fourth-order valence-corrected chi connectivity index (χ4v) is 8.11. The molecule has 10 heteroatoms. The van der Waals surface area contributed by atoms with E-state index in [-0.39, 0.29) is 25.2 Å². The van der Waals surface area contributed by atoms with Gasteiger partial charge >= 0.3 is 5.97 Å². The van der Waals surface area contributed by atoms with Gasteiger partial charge in [-0.05, 0) is 87.0 Å². The maximum Gasteiger partial charge on any atom is 0.344 e. The van der Waals surface area contributed by atoms with Gasteiger partial charge in [-0.1, -0.05) is 24.0 Å². The molecule has 4 bridgehead atoms. The highest BCUT2D eigenvalue weighted by Crippen LogP contribution is 2.55. The molecule has 220 valence electrons. The molecule has 8 nitrogen and oxygen atoms in total. The number of ether oxygens (including phenoxy) is 4. The van der Waals surface area contributed by atoms with Crippen LogP contribution in [0.15, 0.2) is 33.6 Å². The summed E-state index contributed by atoms with van der Waals surface area (Å²) in [4.78, 5) is 28.1. The van der Waals surface area contributed by atoms with E-state index in [4.69, 9.17) is 35.6 Å². The van der Waals surface area contributed by atoms with E-state index in [2.05, 4.69) is 0 Å². The largest absolute Gasteiger partial charge is 0.493 e. The third-order valence-corrected chi connectivity index (χ3v) is 9.54. The molecule has 1 aromatic carbocycles. The number of amides is 1. The SMILES string of the molecule is CCOC(=O)COc1cc(-c2ccc(/C=C(\SC=S)C(=O)N(C)C3C4CC5CC(C4)CC3C5)o2)cc(OC)c1OC. The Balaban J connectivity index is 1.37. The van der Waals surface area contributed by atoms with Crippen LogP contribution in [0.2, 0.25) is 0 Å². The van der Waals surface area contributed by atoms with E-state index in [1.165, 1.54) is 62.8 Å². The minimum Gasteiger partial charge on any atom is -0.493 e. The summed E-state index contributed by atoms with van der Waals surface area (Å²) in [5, 5.41) is 0. The molecule has 4 aliphatic rings. The molecule has 41 heavy (non-hydrogen) atoms. The summed E-state index contributed by atoms with van der Waals surface area (Å²) in [5.74, 6) is 4.51. The van der Waals surface area contributed by atoms with Gasteiger partial charge in [0, 0.05) is 29.4 Å². The predicted octanol–water partition coefficient (Wildman–Crippen LogP) is 6.22. The summed E-state index contributed by atoms with van der Waals surface area (Å²) in [6, 6.07) is 7.39. The highest BCUT2D eigenvalue weighted by atomic mass is 32.2. The normalized spacial score (nSPS) is 24.6. The number of rotatable bonds is 12. The second-order valence-corrected chi connectivity index (χ2v) is 12.5. The molecule has 0 N–H and O–H groups in total. The lowest BCUT2D eigenvalue weighted by Crippen LogP contribution is -2.56. The molecule has 4 aliphatic carbocycles. The fourth-order valence-electron chi connectivity index (χ4n) is 7.27. The highest BCUT2D eigenvalue weighted by Gasteiger charge is 2.50. The Hall–Kier alpha value is -2.98. The average Bonchev–Trinajstić information content (AvgIpc) is 3.43. The number of thiocarbonyl (C=S) groups is 1. The van der Waals surface area contributed by atoms with E-state index >= 15 is 0 Å². The Kier molecular flexibility index (Phi) is 9.28. The van der Waals surface area contributed by atoms with Crippen molar-refractivity contribution in [2.75, 3.05) is 34.5 Å². The zero-order valence-corrected chi connectivity index (χ0v) is 25.6. The summed E-state index contributed by atoms with van der Waals surface area (Å²) >= 11 is 6.38.